The van der Waals surface area contributed by atoms with Crippen LogP contribution >= 0.6 is 0 Å². The number of aryl methyl sites for hydroxylation is 1. The summed E-state index contributed by atoms with van der Waals surface area (Å²) < 4.78 is 23.2. The van der Waals surface area contributed by atoms with Crippen molar-refractivity contribution in [2.45, 2.75) is 49.6 Å². The summed E-state index contributed by atoms with van der Waals surface area (Å²) in [6, 6.07) is 15.3. The van der Waals surface area contributed by atoms with Crippen LogP contribution in [0.5, 0.6) is 5.75 Å². The molecule has 1 N–H and O–H groups in total. The summed E-state index contributed by atoms with van der Waals surface area (Å²) in [6.07, 6.45) is 7.05. The summed E-state index contributed by atoms with van der Waals surface area (Å²) in [7, 11) is -3.14. The Hall–Kier alpha value is -1.85. The van der Waals surface area contributed by atoms with Crippen molar-refractivity contribution in [3.05, 3.63) is 59.7 Å². The molecule has 0 amide bonds. The fourth-order valence-electron chi connectivity index (χ4n) is 3.67. The van der Waals surface area contributed by atoms with Gasteiger partial charge in [0.2, 0.25) is 0 Å². The van der Waals surface area contributed by atoms with Gasteiger partial charge < -0.3 is 5.11 Å². The third kappa shape index (κ3) is 5.08. The second kappa shape index (κ2) is 8.23. The molecule has 140 valence electrons. The number of phenolic OH excluding ortho intramolecular Hbond substituents is 1. The van der Waals surface area contributed by atoms with Crippen LogP contribution in [0.2, 0.25) is 0 Å². The molecule has 0 unspecified atom stereocenters. The van der Waals surface area contributed by atoms with E-state index in [-0.39, 0.29) is 0 Å². The van der Waals surface area contributed by atoms with Crippen molar-refractivity contribution in [1.82, 2.24) is 4.90 Å². The SMILES string of the molecule is CS(=O)(=O)c1ccc(CN2CCCC[C@H]2CCc2ccc(O)cc2)cc1. The quantitative estimate of drug-likeness (QED) is 0.837. The number of hydrogen-bond donors (Lipinski definition) is 1. The highest BCUT2D eigenvalue weighted by Crippen LogP contribution is 2.24. The zero-order valence-electron chi connectivity index (χ0n) is 15.3. The normalized spacial score (nSPS) is 18.7. The first kappa shape index (κ1) is 18.9. The molecule has 2 aromatic carbocycles. The molecule has 0 aliphatic carbocycles. The van der Waals surface area contributed by atoms with Crippen molar-refractivity contribution >= 4 is 9.84 Å². The van der Waals surface area contributed by atoms with Crippen LogP contribution in [-0.4, -0.2) is 37.3 Å². The highest BCUT2D eigenvalue weighted by molar-refractivity contribution is 7.90. The second-order valence-electron chi connectivity index (χ2n) is 7.24. The molecule has 4 nitrogen and oxygen atoms in total. The van der Waals surface area contributed by atoms with Crippen molar-refractivity contribution in [2.75, 3.05) is 12.8 Å². The minimum atomic E-state index is -3.14. The van der Waals surface area contributed by atoms with Gasteiger partial charge in [-0.2, -0.15) is 0 Å². The van der Waals surface area contributed by atoms with E-state index in [0.29, 0.717) is 16.7 Å². The molecule has 0 aromatic heterocycles. The summed E-state index contributed by atoms with van der Waals surface area (Å²) in [4.78, 5) is 2.91. The van der Waals surface area contributed by atoms with E-state index in [1.165, 1.54) is 31.1 Å². The van der Waals surface area contributed by atoms with Gasteiger partial charge in [-0.15, -0.1) is 0 Å². The Bertz CT molecular complexity index is 813. The average molecular weight is 374 g/mol. The van der Waals surface area contributed by atoms with Gasteiger partial charge in [-0.05, 0) is 67.6 Å². The number of nitrogens with zero attached hydrogens (tertiary/aromatic N) is 1. The predicted octanol–water partition coefficient (Wildman–Crippen LogP) is 3.78. The molecular weight excluding hydrogens is 346 g/mol. The molecular formula is C21H27NO3S. The predicted molar refractivity (Wildman–Crippen MR) is 104 cm³/mol. The van der Waals surface area contributed by atoms with Gasteiger partial charge in [-0.3, -0.25) is 4.90 Å². The van der Waals surface area contributed by atoms with Crippen LogP contribution in [0.15, 0.2) is 53.4 Å². The topological polar surface area (TPSA) is 57.6 Å². The highest BCUT2D eigenvalue weighted by atomic mass is 32.2. The largest absolute Gasteiger partial charge is 0.508 e. The first-order chi connectivity index (χ1) is 12.4. The van der Waals surface area contributed by atoms with Gasteiger partial charge in [-0.25, -0.2) is 8.42 Å². The lowest BCUT2D eigenvalue weighted by atomic mass is 9.95. The number of sulfone groups is 1. The maximum atomic E-state index is 11.6. The molecule has 1 aliphatic rings. The number of aromatic hydroxyl groups is 1. The van der Waals surface area contributed by atoms with Crippen molar-refractivity contribution < 1.29 is 13.5 Å². The molecule has 0 spiro atoms. The minimum Gasteiger partial charge on any atom is -0.508 e. The Balaban J connectivity index is 1.62. The fourth-order valence-corrected chi connectivity index (χ4v) is 4.30. The van der Waals surface area contributed by atoms with E-state index in [1.807, 2.05) is 24.3 Å². The van der Waals surface area contributed by atoms with Gasteiger partial charge in [0.05, 0.1) is 4.90 Å². The molecule has 3 rings (SSSR count). The molecule has 0 saturated carbocycles. The number of hydrogen-bond acceptors (Lipinski definition) is 4. The van der Waals surface area contributed by atoms with Crippen molar-refractivity contribution in [2.24, 2.45) is 0 Å². The summed E-state index contributed by atoms with van der Waals surface area (Å²) in [5.74, 6) is 0.311. The third-order valence-corrected chi connectivity index (χ3v) is 6.32. The first-order valence-electron chi connectivity index (χ1n) is 9.23. The number of benzene rings is 2. The number of piperidine rings is 1. The Morgan fingerprint density at radius 3 is 2.31 bits per heavy atom. The molecule has 1 heterocycles. The average Bonchev–Trinajstić information content (AvgIpc) is 2.62. The monoisotopic (exact) mass is 373 g/mol. The number of likely N-dealkylation sites (tertiary alicyclic amines) is 1. The third-order valence-electron chi connectivity index (χ3n) is 5.19. The lowest BCUT2D eigenvalue weighted by molar-refractivity contribution is 0.132. The molecule has 1 atom stereocenters. The van der Waals surface area contributed by atoms with Crippen molar-refractivity contribution in [1.29, 1.82) is 0 Å². The lowest BCUT2D eigenvalue weighted by Crippen LogP contribution is -2.39. The summed E-state index contributed by atoms with van der Waals surface area (Å²) >= 11 is 0. The van der Waals surface area contributed by atoms with Crippen LogP contribution in [0.1, 0.15) is 36.8 Å². The van der Waals surface area contributed by atoms with Crippen LogP contribution in [0.4, 0.5) is 0 Å². The summed E-state index contributed by atoms with van der Waals surface area (Å²) in [5, 5.41) is 9.40. The molecule has 2 aromatic rings. The van der Waals surface area contributed by atoms with E-state index in [2.05, 4.69) is 4.90 Å². The Kier molecular flexibility index (Phi) is 5.99. The van der Waals surface area contributed by atoms with E-state index in [9.17, 15) is 13.5 Å². The van der Waals surface area contributed by atoms with E-state index in [0.717, 1.165) is 31.5 Å². The van der Waals surface area contributed by atoms with Crippen LogP contribution in [0, 0.1) is 0 Å². The van der Waals surface area contributed by atoms with E-state index in [1.54, 1.807) is 24.3 Å². The van der Waals surface area contributed by atoms with Gasteiger partial charge in [0.15, 0.2) is 9.84 Å². The van der Waals surface area contributed by atoms with Gasteiger partial charge in [0.1, 0.15) is 5.75 Å². The van der Waals surface area contributed by atoms with Crippen molar-refractivity contribution in [3.63, 3.8) is 0 Å². The van der Waals surface area contributed by atoms with Gasteiger partial charge in [0, 0.05) is 18.8 Å². The smallest absolute Gasteiger partial charge is 0.175 e. The van der Waals surface area contributed by atoms with Crippen molar-refractivity contribution in [3.8, 4) is 5.75 Å². The summed E-state index contributed by atoms with van der Waals surface area (Å²) in [5.41, 5.74) is 2.42. The Morgan fingerprint density at radius 2 is 1.65 bits per heavy atom. The van der Waals surface area contributed by atoms with Crippen LogP contribution in [0.3, 0.4) is 0 Å². The number of phenols is 1. The maximum Gasteiger partial charge on any atom is 0.175 e. The summed E-state index contributed by atoms with van der Waals surface area (Å²) in [6.45, 7) is 1.96. The number of rotatable bonds is 6. The zero-order valence-corrected chi connectivity index (χ0v) is 16.1. The van der Waals surface area contributed by atoms with Crippen LogP contribution < -0.4 is 0 Å². The Labute approximate surface area is 156 Å². The molecule has 0 radical (unpaired) electrons. The molecule has 1 saturated heterocycles. The first-order valence-corrected chi connectivity index (χ1v) is 11.1. The van der Waals surface area contributed by atoms with Gasteiger partial charge in [0.25, 0.3) is 0 Å². The molecule has 26 heavy (non-hydrogen) atoms. The molecule has 1 aliphatic heterocycles. The van der Waals surface area contributed by atoms with E-state index < -0.39 is 9.84 Å². The Morgan fingerprint density at radius 1 is 1.00 bits per heavy atom. The van der Waals surface area contributed by atoms with E-state index in [4.69, 9.17) is 0 Å². The minimum absolute atomic E-state index is 0.311. The fraction of sp³-hybridized carbons (Fsp3) is 0.429. The van der Waals surface area contributed by atoms with Crippen LogP contribution in [-0.2, 0) is 22.8 Å². The van der Waals surface area contributed by atoms with Gasteiger partial charge in [-0.1, -0.05) is 30.7 Å². The molecule has 0 bridgehead atoms. The molecule has 1 fully saturated rings. The van der Waals surface area contributed by atoms with E-state index >= 15 is 0 Å². The highest BCUT2D eigenvalue weighted by Gasteiger charge is 2.22. The van der Waals surface area contributed by atoms with Crippen LogP contribution in [0.25, 0.3) is 0 Å². The second-order valence-corrected chi connectivity index (χ2v) is 9.26. The standard InChI is InChI=1S/C21H27NO3S/c1-26(24,25)21-13-8-18(9-14-21)16-22-15-3-2-4-19(22)10-5-17-6-11-20(23)12-7-17/h6-9,11-14,19,23H,2-5,10,15-16H2,1H3/t19-/m0/s1. The lowest BCUT2D eigenvalue weighted by Gasteiger charge is -2.36. The molecule has 5 heteroatoms. The zero-order chi connectivity index (χ0) is 18.6. The van der Waals surface area contributed by atoms with Gasteiger partial charge >= 0.3 is 0 Å². The maximum absolute atomic E-state index is 11.6.